The number of benzene rings is 1. The fourth-order valence-electron chi connectivity index (χ4n) is 3.44. The van der Waals surface area contributed by atoms with E-state index in [1.807, 2.05) is 66.7 Å². The minimum absolute atomic E-state index is 0.345. The molecule has 0 saturated carbocycles. The molecular weight excluding hydrogens is 434 g/mol. The maximum absolute atomic E-state index is 13.9. The lowest BCUT2D eigenvalue weighted by Gasteiger charge is -2.45. The normalized spacial score (nSPS) is 14.1. The molecule has 1 aromatic rings. The summed E-state index contributed by atoms with van der Waals surface area (Å²) in [5, 5.41) is 15.5. The first-order valence-electron chi connectivity index (χ1n) is 11.7. The van der Waals surface area contributed by atoms with Crippen molar-refractivity contribution in [3.63, 3.8) is 0 Å². The second kappa shape index (κ2) is 11.2. The Hall–Kier alpha value is -2.61. The number of hydrogen-bond donors (Lipinski definition) is 3. The third kappa shape index (κ3) is 8.63. The summed E-state index contributed by atoms with van der Waals surface area (Å²) < 4.78 is 5.27. The van der Waals surface area contributed by atoms with Gasteiger partial charge in [-0.05, 0) is 74.3 Å². The van der Waals surface area contributed by atoms with Crippen LogP contribution in [0.25, 0.3) is 0 Å². The van der Waals surface area contributed by atoms with Crippen LogP contribution in [0.5, 0.6) is 0 Å². The van der Waals surface area contributed by atoms with E-state index in [1.54, 1.807) is 26.8 Å². The van der Waals surface area contributed by atoms with Crippen LogP contribution in [0.4, 0.5) is 4.79 Å². The van der Waals surface area contributed by atoms with Crippen molar-refractivity contribution in [3.8, 4) is 0 Å². The van der Waals surface area contributed by atoms with Gasteiger partial charge in [0.1, 0.15) is 17.7 Å². The van der Waals surface area contributed by atoms with E-state index in [0.29, 0.717) is 12.0 Å². The molecule has 0 bridgehead atoms. The van der Waals surface area contributed by atoms with Crippen LogP contribution in [0.3, 0.4) is 0 Å². The maximum atomic E-state index is 13.9. The summed E-state index contributed by atoms with van der Waals surface area (Å²) in [7, 11) is 0. The molecule has 2 atom stereocenters. The Morgan fingerprint density at radius 2 is 1.65 bits per heavy atom. The average molecular weight is 478 g/mol. The largest absolute Gasteiger partial charge is 0.444 e. The van der Waals surface area contributed by atoms with Crippen molar-refractivity contribution in [1.29, 1.82) is 0 Å². The van der Waals surface area contributed by atoms with Gasteiger partial charge < -0.3 is 25.4 Å². The summed E-state index contributed by atoms with van der Waals surface area (Å²) in [5.74, 6) is -0.919. The minimum atomic E-state index is -1.28. The number of carbonyl (C=O) groups is 3. The Morgan fingerprint density at radius 3 is 2.09 bits per heavy atom. The van der Waals surface area contributed by atoms with E-state index in [-0.39, 0.29) is 5.91 Å². The molecule has 0 spiro atoms. The predicted molar refractivity (Wildman–Crippen MR) is 133 cm³/mol. The number of ether oxygens (including phenoxy) is 1. The van der Waals surface area contributed by atoms with Gasteiger partial charge in [0.2, 0.25) is 11.8 Å². The molecule has 8 nitrogen and oxygen atoms in total. The van der Waals surface area contributed by atoms with E-state index in [0.717, 1.165) is 5.56 Å². The zero-order chi connectivity index (χ0) is 26.5. The highest BCUT2D eigenvalue weighted by atomic mass is 16.6. The number of amides is 3. The molecule has 0 saturated heterocycles. The standard InChI is InChI=1S/C26H43N3O5/c1-11-26(9,10)29(22(32)19(16-30)27-23(33)34-25(6,7)8)20(21(31)28-24(3,4)5)18-14-12-13-17(2)15-18/h12-15,19-20,30H,11,16H2,1-10H3,(H,27,33)(H,28,31). The van der Waals surface area contributed by atoms with Gasteiger partial charge in [-0.2, -0.15) is 0 Å². The number of carbonyl (C=O) groups excluding carboxylic acids is 3. The second-order valence-corrected chi connectivity index (χ2v) is 11.3. The first-order chi connectivity index (χ1) is 15.4. The Balaban J connectivity index is 3.58. The van der Waals surface area contributed by atoms with Gasteiger partial charge in [0.15, 0.2) is 0 Å². The average Bonchev–Trinajstić information content (AvgIpc) is 2.66. The quantitative estimate of drug-likeness (QED) is 0.527. The highest BCUT2D eigenvalue weighted by Gasteiger charge is 2.43. The van der Waals surface area contributed by atoms with Crippen molar-refractivity contribution in [1.82, 2.24) is 15.5 Å². The van der Waals surface area contributed by atoms with Crippen molar-refractivity contribution in [2.45, 2.75) is 104 Å². The molecule has 3 amide bonds. The number of hydrogen-bond acceptors (Lipinski definition) is 5. The summed E-state index contributed by atoms with van der Waals surface area (Å²) in [6.45, 7) is 17.7. The third-order valence-electron chi connectivity index (χ3n) is 5.29. The second-order valence-electron chi connectivity index (χ2n) is 11.3. The van der Waals surface area contributed by atoms with Gasteiger partial charge >= 0.3 is 6.09 Å². The number of nitrogens with one attached hydrogen (secondary N) is 2. The van der Waals surface area contributed by atoms with Gasteiger partial charge in [0.25, 0.3) is 0 Å². The minimum Gasteiger partial charge on any atom is -0.444 e. The van der Waals surface area contributed by atoms with Crippen LogP contribution < -0.4 is 10.6 Å². The summed E-state index contributed by atoms with van der Waals surface area (Å²) in [6, 6.07) is 5.17. The van der Waals surface area contributed by atoms with Crippen molar-refractivity contribution in [2.24, 2.45) is 0 Å². The van der Waals surface area contributed by atoms with Crippen LogP contribution in [0.1, 0.15) is 85.9 Å². The van der Waals surface area contributed by atoms with E-state index in [9.17, 15) is 19.5 Å². The zero-order valence-electron chi connectivity index (χ0n) is 22.4. The van der Waals surface area contributed by atoms with E-state index in [4.69, 9.17) is 4.74 Å². The molecule has 0 aliphatic carbocycles. The van der Waals surface area contributed by atoms with Gasteiger partial charge in [-0.15, -0.1) is 0 Å². The first kappa shape index (κ1) is 29.4. The van der Waals surface area contributed by atoms with E-state index in [2.05, 4.69) is 10.6 Å². The van der Waals surface area contributed by atoms with E-state index < -0.39 is 47.4 Å². The van der Waals surface area contributed by atoms with Crippen LogP contribution in [0.15, 0.2) is 24.3 Å². The number of alkyl carbamates (subject to hydrolysis) is 1. The summed E-state index contributed by atoms with van der Waals surface area (Å²) in [5.41, 5.74) is -0.491. The monoisotopic (exact) mass is 477 g/mol. The van der Waals surface area contributed by atoms with Crippen molar-refractivity contribution >= 4 is 17.9 Å². The molecule has 2 unspecified atom stereocenters. The number of rotatable bonds is 8. The molecule has 0 fully saturated rings. The molecule has 0 radical (unpaired) electrons. The van der Waals surface area contributed by atoms with Gasteiger partial charge in [0.05, 0.1) is 6.61 Å². The zero-order valence-corrected chi connectivity index (χ0v) is 22.4. The van der Waals surface area contributed by atoms with Crippen LogP contribution >= 0.6 is 0 Å². The molecule has 1 aromatic carbocycles. The van der Waals surface area contributed by atoms with Crippen LogP contribution in [-0.2, 0) is 14.3 Å². The smallest absolute Gasteiger partial charge is 0.408 e. The molecular formula is C26H43N3O5. The lowest BCUT2D eigenvalue weighted by Crippen LogP contribution is -2.61. The molecule has 0 aliphatic rings. The SMILES string of the molecule is CCC(C)(C)N(C(=O)C(CO)NC(=O)OC(C)(C)C)C(C(=O)NC(C)(C)C)c1cccc(C)c1. The highest BCUT2D eigenvalue weighted by molar-refractivity contribution is 5.93. The van der Waals surface area contributed by atoms with Gasteiger partial charge in [0, 0.05) is 11.1 Å². The molecule has 0 aliphatic heterocycles. The fourth-order valence-corrected chi connectivity index (χ4v) is 3.44. The van der Waals surface area contributed by atoms with Crippen molar-refractivity contribution in [2.75, 3.05) is 6.61 Å². The lowest BCUT2D eigenvalue weighted by molar-refractivity contribution is -0.150. The molecule has 1 rings (SSSR count). The molecule has 34 heavy (non-hydrogen) atoms. The molecule has 0 heterocycles. The summed E-state index contributed by atoms with van der Waals surface area (Å²) in [6.07, 6.45) is -0.283. The Morgan fingerprint density at radius 1 is 1.06 bits per heavy atom. The highest BCUT2D eigenvalue weighted by Crippen LogP contribution is 2.33. The molecule has 8 heteroatoms. The maximum Gasteiger partial charge on any atom is 0.408 e. The summed E-state index contributed by atoms with van der Waals surface area (Å²) >= 11 is 0. The van der Waals surface area contributed by atoms with Gasteiger partial charge in [-0.3, -0.25) is 9.59 Å². The van der Waals surface area contributed by atoms with Crippen molar-refractivity contribution < 1.29 is 24.2 Å². The van der Waals surface area contributed by atoms with Crippen LogP contribution in [0.2, 0.25) is 0 Å². The predicted octanol–water partition coefficient (Wildman–Crippen LogP) is 3.85. The van der Waals surface area contributed by atoms with Gasteiger partial charge in [-0.1, -0.05) is 36.8 Å². The van der Waals surface area contributed by atoms with Crippen LogP contribution in [0, 0.1) is 6.92 Å². The van der Waals surface area contributed by atoms with E-state index >= 15 is 0 Å². The number of nitrogens with zero attached hydrogens (tertiary/aromatic N) is 1. The Bertz CT molecular complexity index is 868. The fraction of sp³-hybridized carbons (Fsp3) is 0.654. The topological polar surface area (TPSA) is 108 Å². The Labute approximate surface area is 204 Å². The first-order valence-corrected chi connectivity index (χ1v) is 11.7. The van der Waals surface area contributed by atoms with E-state index in [1.165, 1.54) is 4.90 Å². The summed E-state index contributed by atoms with van der Waals surface area (Å²) in [4.78, 5) is 41.3. The molecule has 192 valence electrons. The van der Waals surface area contributed by atoms with Gasteiger partial charge in [-0.25, -0.2) is 4.79 Å². The molecule has 3 N–H and O–H groups in total. The third-order valence-corrected chi connectivity index (χ3v) is 5.29. The number of aliphatic hydroxyl groups is 1. The Kier molecular flexibility index (Phi) is 9.70. The lowest BCUT2D eigenvalue weighted by atomic mass is 9.91. The van der Waals surface area contributed by atoms with Crippen LogP contribution in [-0.4, -0.2) is 57.2 Å². The number of aliphatic hydroxyl groups excluding tert-OH is 1. The number of aryl methyl sites for hydroxylation is 1. The molecule has 0 aromatic heterocycles. The van der Waals surface area contributed by atoms with Crippen molar-refractivity contribution in [3.05, 3.63) is 35.4 Å².